The van der Waals surface area contributed by atoms with Gasteiger partial charge < -0.3 is 5.32 Å². The van der Waals surface area contributed by atoms with Gasteiger partial charge in [0, 0.05) is 10.4 Å². The largest absolute Gasteiger partial charge is 0.418 e. The molecule has 4 rings (SSSR count). The van der Waals surface area contributed by atoms with Crippen LogP contribution < -0.4 is 10.9 Å². The minimum Gasteiger partial charge on any atom is -0.324 e. The molecule has 0 aliphatic rings. The molecule has 0 bridgehead atoms. The number of alkyl halides is 3. The lowest BCUT2D eigenvalue weighted by molar-refractivity contribution is -0.137. The first-order chi connectivity index (χ1) is 16.0. The first-order valence-electron chi connectivity index (χ1n) is 10.5. The second-order valence-corrected chi connectivity index (χ2v) is 9.38. The number of rotatable bonds is 4. The fraction of sp³-hybridized carbons (Fsp3) is 0.240. The molecule has 2 heterocycles. The van der Waals surface area contributed by atoms with Crippen LogP contribution in [0.3, 0.4) is 0 Å². The Labute approximate surface area is 197 Å². The van der Waals surface area contributed by atoms with E-state index < -0.39 is 29.2 Å². The normalized spacial score (nSPS) is 12.7. The number of halogens is 3. The van der Waals surface area contributed by atoms with Gasteiger partial charge in [0.15, 0.2) is 0 Å². The summed E-state index contributed by atoms with van der Waals surface area (Å²) in [7, 11) is 0. The van der Waals surface area contributed by atoms with Crippen LogP contribution in [-0.4, -0.2) is 15.5 Å². The van der Waals surface area contributed by atoms with Gasteiger partial charge in [0.05, 0.1) is 23.0 Å². The van der Waals surface area contributed by atoms with Gasteiger partial charge in [-0.3, -0.25) is 14.2 Å². The van der Waals surface area contributed by atoms with Crippen molar-refractivity contribution in [1.29, 1.82) is 0 Å². The predicted molar refractivity (Wildman–Crippen MR) is 128 cm³/mol. The molecule has 0 aliphatic carbocycles. The number of amides is 1. The Hall–Kier alpha value is -3.46. The number of aryl methyl sites for hydroxylation is 3. The number of hydrogen-bond donors (Lipinski definition) is 1. The average Bonchev–Trinajstić information content (AvgIpc) is 3.12. The standard InChI is InChI=1S/C25H22F3N3O2S/c1-13-9-10-17(11-14(13)2)20-16(4)34-23-21(20)24(33)31(12-29-23)15(3)22(32)30-19-8-6-5-7-18(19)25(26,27)28/h5-12,15H,1-4H3,(H,30,32)/t15-/m0/s1. The van der Waals surface area contributed by atoms with E-state index >= 15 is 0 Å². The minimum atomic E-state index is -4.63. The summed E-state index contributed by atoms with van der Waals surface area (Å²) >= 11 is 1.38. The van der Waals surface area contributed by atoms with Crippen molar-refractivity contribution in [3.8, 4) is 11.1 Å². The van der Waals surface area contributed by atoms with Gasteiger partial charge in [-0.25, -0.2) is 4.98 Å². The van der Waals surface area contributed by atoms with Crippen LogP contribution in [0.4, 0.5) is 18.9 Å². The average molecular weight is 486 g/mol. The molecule has 1 atom stereocenters. The number of thiophene rings is 1. The van der Waals surface area contributed by atoms with Crippen LogP contribution in [0.5, 0.6) is 0 Å². The zero-order chi connectivity index (χ0) is 24.8. The van der Waals surface area contributed by atoms with Gasteiger partial charge in [0.25, 0.3) is 5.56 Å². The van der Waals surface area contributed by atoms with E-state index in [1.807, 2.05) is 39.0 Å². The molecule has 5 nitrogen and oxygen atoms in total. The van der Waals surface area contributed by atoms with Crippen molar-refractivity contribution in [3.63, 3.8) is 0 Å². The molecule has 1 N–H and O–H groups in total. The number of nitrogens with one attached hydrogen (secondary N) is 1. The highest BCUT2D eigenvalue weighted by molar-refractivity contribution is 7.19. The van der Waals surface area contributed by atoms with Crippen molar-refractivity contribution in [3.05, 3.63) is 80.7 Å². The van der Waals surface area contributed by atoms with Crippen molar-refractivity contribution in [2.24, 2.45) is 0 Å². The van der Waals surface area contributed by atoms with E-state index in [1.165, 1.54) is 42.8 Å². The molecule has 4 aromatic rings. The van der Waals surface area contributed by atoms with Crippen molar-refractivity contribution in [2.45, 2.75) is 39.9 Å². The SMILES string of the molecule is Cc1ccc(-c2c(C)sc3ncn([C@@H](C)C(=O)Nc4ccccc4C(F)(F)F)c(=O)c23)cc1C. The van der Waals surface area contributed by atoms with Crippen molar-refractivity contribution < 1.29 is 18.0 Å². The highest BCUT2D eigenvalue weighted by Crippen LogP contribution is 2.37. The quantitative estimate of drug-likeness (QED) is 0.371. The monoisotopic (exact) mass is 485 g/mol. The third kappa shape index (κ3) is 4.23. The minimum absolute atomic E-state index is 0.365. The molecule has 0 aliphatic heterocycles. The van der Waals surface area contributed by atoms with Crippen molar-refractivity contribution >= 4 is 33.1 Å². The molecule has 0 fully saturated rings. The van der Waals surface area contributed by atoms with Gasteiger partial charge in [-0.05, 0) is 56.5 Å². The molecule has 34 heavy (non-hydrogen) atoms. The van der Waals surface area contributed by atoms with Crippen LogP contribution in [0, 0.1) is 20.8 Å². The van der Waals surface area contributed by atoms with Crippen LogP contribution >= 0.6 is 11.3 Å². The Morgan fingerprint density at radius 1 is 1.09 bits per heavy atom. The predicted octanol–water partition coefficient (Wildman–Crippen LogP) is 6.27. The summed E-state index contributed by atoms with van der Waals surface area (Å²) in [5, 5.41) is 2.70. The van der Waals surface area contributed by atoms with Crippen molar-refractivity contribution in [2.75, 3.05) is 5.32 Å². The van der Waals surface area contributed by atoms with Gasteiger partial charge >= 0.3 is 6.18 Å². The fourth-order valence-corrected chi connectivity index (χ4v) is 4.84. The number of aromatic nitrogens is 2. The molecule has 0 saturated heterocycles. The highest BCUT2D eigenvalue weighted by Gasteiger charge is 2.34. The van der Waals surface area contributed by atoms with Crippen LogP contribution in [0.1, 0.15) is 34.5 Å². The summed E-state index contributed by atoms with van der Waals surface area (Å²) in [6.07, 6.45) is -3.36. The fourth-order valence-electron chi connectivity index (χ4n) is 3.84. The van der Waals surface area contributed by atoms with Crippen LogP contribution in [0.2, 0.25) is 0 Å². The molecule has 176 valence electrons. The zero-order valence-electron chi connectivity index (χ0n) is 18.9. The maximum atomic E-state index is 13.5. The van der Waals surface area contributed by atoms with E-state index in [2.05, 4.69) is 10.3 Å². The van der Waals surface area contributed by atoms with Crippen LogP contribution in [0.15, 0.2) is 53.6 Å². The van der Waals surface area contributed by atoms with E-state index in [9.17, 15) is 22.8 Å². The lowest BCUT2D eigenvalue weighted by Crippen LogP contribution is -2.32. The van der Waals surface area contributed by atoms with E-state index in [0.717, 1.165) is 37.8 Å². The van der Waals surface area contributed by atoms with Gasteiger partial charge in [0.2, 0.25) is 5.91 Å². The third-order valence-corrected chi connectivity index (χ3v) is 6.91. The molecule has 2 aromatic heterocycles. The molecule has 2 aromatic carbocycles. The third-order valence-electron chi connectivity index (χ3n) is 5.90. The van der Waals surface area contributed by atoms with Crippen LogP contribution in [-0.2, 0) is 11.0 Å². The van der Waals surface area contributed by atoms with Gasteiger partial charge in [-0.15, -0.1) is 11.3 Å². The first kappa shape index (κ1) is 23.7. The summed E-state index contributed by atoms with van der Waals surface area (Å²) in [6, 6.07) is 9.57. The Kier molecular flexibility index (Phi) is 6.07. The Bertz CT molecular complexity index is 1470. The number of carbonyl (C=O) groups is 1. The van der Waals surface area contributed by atoms with Crippen LogP contribution in [0.25, 0.3) is 21.3 Å². The second kappa shape index (κ2) is 8.72. The van der Waals surface area contributed by atoms with Gasteiger partial charge in [0.1, 0.15) is 10.9 Å². The van der Waals surface area contributed by atoms with E-state index in [-0.39, 0.29) is 5.69 Å². The number of fused-ring (bicyclic) bond motifs is 1. The maximum absolute atomic E-state index is 13.5. The smallest absolute Gasteiger partial charge is 0.324 e. The Morgan fingerprint density at radius 3 is 2.47 bits per heavy atom. The molecular formula is C25H22F3N3O2S. The molecule has 0 unspecified atom stereocenters. The van der Waals surface area contributed by atoms with E-state index in [4.69, 9.17) is 0 Å². The number of anilines is 1. The molecule has 0 radical (unpaired) electrons. The highest BCUT2D eigenvalue weighted by atomic mass is 32.1. The molecule has 1 amide bonds. The van der Waals surface area contributed by atoms with Gasteiger partial charge in [-0.1, -0.05) is 30.3 Å². The van der Waals surface area contributed by atoms with E-state index in [0.29, 0.717) is 10.2 Å². The molecular weight excluding hydrogens is 463 g/mol. The lowest BCUT2D eigenvalue weighted by Gasteiger charge is -2.18. The number of hydrogen-bond acceptors (Lipinski definition) is 4. The first-order valence-corrected chi connectivity index (χ1v) is 11.4. The maximum Gasteiger partial charge on any atom is 0.418 e. The number of para-hydroxylation sites is 1. The van der Waals surface area contributed by atoms with E-state index in [1.54, 1.807) is 0 Å². The molecule has 9 heteroatoms. The number of benzene rings is 2. The molecule has 0 spiro atoms. The Morgan fingerprint density at radius 2 is 1.79 bits per heavy atom. The second-order valence-electron chi connectivity index (χ2n) is 8.18. The molecule has 0 saturated carbocycles. The lowest BCUT2D eigenvalue weighted by atomic mass is 9.99. The topological polar surface area (TPSA) is 64.0 Å². The summed E-state index contributed by atoms with van der Waals surface area (Å²) < 4.78 is 41.1. The van der Waals surface area contributed by atoms with Crippen molar-refractivity contribution in [1.82, 2.24) is 9.55 Å². The Balaban J connectivity index is 1.76. The summed E-state index contributed by atoms with van der Waals surface area (Å²) in [5.74, 6) is -0.750. The number of carbonyl (C=O) groups excluding carboxylic acids is 1. The summed E-state index contributed by atoms with van der Waals surface area (Å²) in [6.45, 7) is 7.36. The number of nitrogens with zero attached hydrogens (tertiary/aromatic N) is 2. The summed E-state index contributed by atoms with van der Waals surface area (Å²) in [4.78, 5) is 32.2. The zero-order valence-corrected chi connectivity index (χ0v) is 19.8. The summed E-state index contributed by atoms with van der Waals surface area (Å²) in [5.41, 5.74) is 2.09. The van der Waals surface area contributed by atoms with Gasteiger partial charge in [-0.2, -0.15) is 13.2 Å².